The minimum absolute atomic E-state index is 0.0111. The van der Waals surface area contributed by atoms with E-state index in [1.807, 2.05) is 18.2 Å². The van der Waals surface area contributed by atoms with Crippen molar-refractivity contribution in [1.82, 2.24) is 9.88 Å². The molecule has 4 heteroatoms. The van der Waals surface area contributed by atoms with Crippen molar-refractivity contribution < 1.29 is 9.18 Å². The first-order chi connectivity index (χ1) is 9.15. The molecule has 1 aromatic heterocycles. The normalized spacial score (nSPS) is 10.2. The summed E-state index contributed by atoms with van der Waals surface area (Å²) in [6.07, 6.45) is 1.95. The van der Waals surface area contributed by atoms with Gasteiger partial charge in [-0.2, -0.15) is 0 Å². The van der Waals surface area contributed by atoms with Crippen molar-refractivity contribution in [3.05, 3.63) is 65.7 Å². The maximum atomic E-state index is 12.8. The second-order valence-electron chi connectivity index (χ2n) is 4.37. The lowest BCUT2D eigenvalue weighted by atomic mass is 10.2. The average molecular weight is 258 g/mol. The molecule has 0 N–H and O–H groups in total. The third-order valence-corrected chi connectivity index (χ3v) is 2.82. The number of hydrogen-bond acceptors (Lipinski definition) is 2. The van der Waals surface area contributed by atoms with E-state index in [4.69, 9.17) is 0 Å². The molecular weight excluding hydrogens is 243 g/mol. The van der Waals surface area contributed by atoms with Crippen LogP contribution in [0.3, 0.4) is 0 Å². The molecule has 0 unspecified atom stereocenters. The third kappa shape index (κ3) is 3.88. The highest BCUT2D eigenvalue weighted by molar-refractivity contribution is 5.78. The van der Waals surface area contributed by atoms with Gasteiger partial charge in [0.2, 0.25) is 5.91 Å². The first kappa shape index (κ1) is 13.2. The maximum absolute atomic E-state index is 12.8. The third-order valence-electron chi connectivity index (χ3n) is 2.82. The summed E-state index contributed by atoms with van der Waals surface area (Å²) in [6.45, 7) is 0.464. The molecule has 0 atom stereocenters. The standard InChI is InChI=1S/C15H15FN2O/c1-18(11-12-5-7-13(16)8-6-12)15(19)10-14-4-2-3-9-17-14/h2-9H,10-11H2,1H3. The van der Waals surface area contributed by atoms with E-state index in [1.54, 1.807) is 30.3 Å². The van der Waals surface area contributed by atoms with Gasteiger partial charge >= 0.3 is 0 Å². The van der Waals surface area contributed by atoms with Gasteiger partial charge in [0.15, 0.2) is 0 Å². The van der Waals surface area contributed by atoms with Crippen molar-refractivity contribution >= 4 is 5.91 Å². The van der Waals surface area contributed by atoms with E-state index in [0.717, 1.165) is 11.3 Å². The molecule has 1 aromatic carbocycles. The van der Waals surface area contributed by atoms with Gasteiger partial charge in [0, 0.05) is 25.5 Å². The molecule has 2 rings (SSSR count). The maximum Gasteiger partial charge on any atom is 0.228 e. The largest absolute Gasteiger partial charge is 0.341 e. The molecule has 1 heterocycles. The van der Waals surface area contributed by atoms with Crippen molar-refractivity contribution in [2.75, 3.05) is 7.05 Å². The summed E-state index contributed by atoms with van der Waals surface area (Å²) in [5.74, 6) is -0.283. The number of carbonyl (C=O) groups is 1. The van der Waals surface area contributed by atoms with Crippen molar-refractivity contribution in [3.8, 4) is 0 Å². The van der Waals surface area contributed by atoms with Gasteiger partial charge in [-0.1, -0.05) is 18.2 Å². The summed E-state index contributed by atoms with van der Waals surface area (Å²) in [6, 6.07) is 11.6. The average Bonchev–Trinajstić information content (AvgIpc) is 2.42. The highest BCUT2D eigenvalue weighted by Crippen LogP contribution is 2.07. The van der Waals surface area contributed by atoms with Gasteiger partial charge in [0.1, 0.15) is 5.82 Å². The van der Waals surface area contributed by atoms with Crippen LogP contribution in [0.5, 0.6) is 0 Å². The Morgan fingerprint density at radius 3 is 2.58 bits per heavy atom. The van der Waals surface area contributed by atoms with Crippen LogP contribution in [0.25, 0.3) is 0 Å². The minimum Gasteiger partial charge on any atom is -0.341 e. The second-order valence-corrected chi connectivity index (χ2v) is 4.37. The zero-order chi connectivity index (χ0) is 13.7. The number of aromatic nitrogens is 1. The molecular formula is C15H15FN2O. The lowest BCUT2D eigenvalue weighted by Crippen LogP contribution is -2.27. The van der Waals surface area contributed by atoms with Crippen molar-refractivity contribution in [3.63, 3.8) is 0 Å². The molecule has 0 radical (unpaired) electrons. The molecule has 0 fully saturated rings. The Labute approximate surface area is 111 Å². The van der Waals surface area contributed by atoms with Crippen LogP contribution in [-0.4, -0.2) is 22.8 Å². The van der Waals surface area contributed by atoms with Gasteiger partial charge in [-0.05, 0) is 29.8 Å². The van der Waals surface area contributed by atoms with Crippen LogP contribution in [0.4, 0.5) is 4.39 Å². The summed E-state index contributed by atoms with van der Waals surface area (Å²) >= 11 is 0. The van der Waals surface area contributed by atoms with Gasteiger partial charge in [0.25, 0.3) is 0 Å². The number of hydrogen-bond donors (Lipinski definition) is 0. The predicted molar refractivity (Wildman–Crippen MR) is 70.8 cm³/mol. The summed E-state index contributed by atoms with van der Waals surface area (Å²) in [5.41, 5.74) is 1.65. The zero-order valence-corrected chi connectivity index (χ0v) is 10.7. The number of likely N-dealkylation sites (N-methyl/N-ethyl adjacent to an activating group) is 1. The number of nitrogens with zero attached hydrogens (tertiary/aromatic N) is 2. The van der Waals surface area contributed by atoms with Gasteiger partial charge < -0.3 is 4.90 Å². The zero-order valence-electron chi connectivity index (χ0n) is 10.7. The fraction of sp³-hybridized carbons (Fsp3) is 0.200. The summed E-state index contributed by atoms with van der Waals surface area (Å²) in [4.78, 5) is 17.7. The Bertz CT molecular complexity index is 540. The predicted octanol–water partition coefficient (Wildman–Crippen LogP) is 2.42. The SMILES string of the molecule is CN(Cc1ccc(F)cc1)C(=O)Cc1ccccn1. The molecule has 1 amide bonds. The number of halogens is 1. The number of pyridine rings is 1. The van der Waals surface area contributed by atoms with E-state index >= 15 is 0 Å². The molecule has 0 aliphatic heterocycles. The van der Waals surface area contributed by atoms with Crippen molar-refractivity contribution in [2.24, 2.45) is 0 Å². The van der Waals surface area contributed by atoms with Crippen LogP contribution >= 0.6 is 0 Å². The molecule has 2 aromatic rings. The summed E-state index contributed by atoms with van der Waals surface area (Å²) < 4.78 is 12.8. The van der Waals surface area contributed by atoms with Crippen LogP contribution in [0, 0.1) is 5.82 Å². The van der Waals surface area contributed by atoms with E-state index in [2.05, 4.69) is 4.98 Å². The number of rotatable bonds is 4. The monoisotopic (exact) mass is 258 g/mol. The van der Waals surface area contributed by atoms with Gasteiger partial charge in [0.05, 0.1) is 6.42 Å². The smallest absolute Gasteiger partial charge is 0.228 e. The molecule has 0 bridgehead atoms. The first-order valence-electron chi connectivity index (χ1n) is 6.03. The first-order valence-corrected chi connectivity index (χ1v) is 6.03. The molecule has 0 aliphatic rings. The molecule has 0 spiro atoms. The van der Waals surface area contributed by atoms with E-state index in [0.29, 0.717) is 6.54 Å². The molecule has 19 heavy (non-hydrogen) atoms. The molecule has 98 valence electrons. The van der Waals surface area contributed by atoms with Gasteiger partial charge in [-0.25, -0.2) is 4.39 Å². The lowest BCUT2D eigenvalue weighted by molar-refractivity contribution is -0.129. The fourth-order valence-electron chi connectivity index (χ4n) is 1.74. The highest BCUT2D eigenvalue weighted by Gasteiger charge is 2.10. The number of carbonyl (C=O) groups excluding carboxylic acids is 1. The summed E-state index contributed by atoms with van der Waals surface area (Å²) in [5, 5.41) is 0. The Morgan fingerprint density at radius 1 is 1.21 bits per heavy atom. The quantitative estimate of drug-likeness (QED) is 0.843. The van der Waals surface area contributed by atoms with Crippen molar-refractivity contribution in [1.29, 1.82) is 0 Å². The van der Waals surface area contributed by atoms with Gasteiger partial charge in [-0.15, -0.1) is 0 Å². The topological polar surface area (TPSA) is 33.2 Å². The Balaban J connectivity index is 1.94. The van der Waals surface area contributed by atoms with E-state index < -0.39 is 0 Å². The van der Waals surface area contributed by atoms with Crippen LogP contribution in [-0.2, 0) is 17.8 Å². The van der Waals surface area contributed by atoms with E-state index in [9.17, 15) is 9.18 Å². The lowest BCUT2D eigenvalue weighted by Gasteiger charge is -2.17. The Kier molecular flexibility index (Phi) is 4.23. The second kappa shape index (κ2) is 6.09. The highest BCUT2D eigenvalue weighted by atomic mass is 19.1. The van der Waals surface area contributed by atoms with E-state index in [1.165, 1.54) is 12.1 Å². The van der Waals surface area contributed by atoms with Crippen LogP contribution < -0.4 is 0 Å². The van der Waals surface area contributed by atoms with Gasteiger partial charge in [-0.3, -0.25) is 9.78 Å². The minimum atomic E-state index is -0.272. The Morgan fingerprint density at radius 2 is 1.95 bits per heavy atom. The fourth-order valence-corrected chi connectivity index (χ4v) is 1.74. The molecule has 0 aliphatic carbocycles. The Hall–Kier alpha value is -2.23. The van der Waals surface area contributed by atoms with Crippen LogP contribution in [0.15, 0.2) is 48.7 Å². The number of benzene rings is 1. The van der Waals surface area contributed by atoms with E-state index in [-0.39, 0.29) is 18.1 Å². The molecule has 0 saturated carbocycles. The molecule has 0 saturated heterocycles. The van der Waals surface area contributed by atoms with Crippen LogP contribution in [0.1, 0.15) is 11.3 Å². The van der Waals surface area contributed by atoms with Crippen molar-refractivity contribution in [2.45, 2.75) is 13.0 Å². The molecule has 3 nitrogen and oxygen atoms in total. The number of amides is 1. The summed E-state index contributed by atoms with van der Waals surface area (Å²) in [7, 11) is 1.73. The van der Waals surface area contributed by atoms with Crippen LogP contribution in [0.2, 0.25) is 0 Å².